The van der Waals surface area contributed by atoms with Crippen LogP contribution in [0, 0.1) is 6.92 Å². The molecule has 10 nitrogen and oxygen atoms in total. The van der Waals surface area contributed by atoms with Crippen molar-refractivity contribution in [1.29, 1.82) is 0 Å². The quantitative estimate of drug-likeness (QED) is 0.440. The van der Waals surface area contributed by atoms with Crippen molar-refractivity contribution in [2.75, 3.05) is 18.4 Å². The lowest BCUT2D eigenvalue weighted by molar-refractivity contribution is 0.0572. The van der Waals surface area contributed by atoms with E-state index in [1.54, 1.807) is 16.9 Å². The molecule has 0 spiro atoms. The van der Waals surface area contributed by atoms with E-state index in [9.17, 15) is 10.2 Å². The maximum Gasteiger partial charge on any atom is 0.229 e. The van der Waals surface area contributed by atoms with Crippen LogP contribution in [-0.2, 0) is 13.6 Å². The Labute approximate surface area is 178 Å². The second kappa shape index (κ2) is 7.73. The summed E-state index contributed by atoms with van der Waals surface area (Å²) in [4.78, 5) is 10.9. The van der Waals surface area contributed by atoms with E-state index in [0.29, 0.717) is 31.4 Å². The molecule has 0 aliphatic carbocycles. The molecule has 31 heavy (non-hydrogen) atoms. The van der Waals surface area contributed by atoms with Gasteiger partial charge in [-0.2, -0.15) is 15.2 Å². The summed E-state index contributed by atoms with van der Waals surface area (Å²) < 4.78 is 3.56. The molecular formula is C21H24N8O2. The number of hydrogen-bond acceptors (Lipinski definition) is 8. The smallest absolute Gasteiger partial charge is 0.229 e. The average Bonchev–Trinajstić information content (AvgIpc) is 3.40. The molecule has 1 aromatic carbocycles. The predicted octanol–water partition coefficient (Wildman–Crippen LogP) is 1.14. The Balaban J connectivity index is 1.35. The molecule has 10 heteroatoms. The fourth-order valence-electron chi connectivity index (χ4n) is 3.89. The first-order valence-corrected chi connectivity index (χ1v) is 10.1. The van der Waals surface area contributed by atoms with Crippen LogP contribution in [0.2, 0.25) is 0 Å². The number of benzene rings is 1. The molecule has 160 valence electrons. The van der Waals surface area contributed by atoms with Crippen molar-refractivity contribution in [2.24, 2.45) is 7.05 Å². The van der Waals surface area contributed by atoms with Gasteiger partial charge in [0.05, 0.1) is 29.6 Å². The second-order valence-electron chi connectivity index (χ2n) is 7.92. The molecule has 3 aromatic heterocycles. The number of aliphatic hydroxyl groups excluding tert-OH is 2. The third kappa shape index (κ3) is 3.88. The Kier molecular flexibility index (Phi) is 4.89. The van der Waals surface area contributed by atoms with Crippen LogP contribution in [0.5, 0.6) is 0 Å². The number of hydrogen-bond donors (Lipinski definition) is 3. The summed E-state index contributed by atoms with van der Waals surface area (Å²) in [5.41, 5.74) is 3.83. The van der Waals surface area contributed by atoms with Gasteiger partial charge in [-0.25, -0.2) is 9.67 Å². The van der Waals surface area contributed by atoms with Crippen molar-refractivity contribution in [1.82, 2.24) is 34.4 Å². The Morgan fingerprint density at radius 2 is 1.97 bits per heavy atom. The molecule has 0 bridgehead atoms. The molecule has 4 aromatic rings. The first-order chi connectivity index (χ1) is 15.0. The van der Waals surface area contributed by atoms with Crippen LogP contribution in [0.4, 0.5) is 11.6 Å². The molecule has 3 N–H and O–H groups in total. The SMILES string of the molecule is Cc1nn(-c2ccnc(Nc3ccc4c(cnn4C)c3)n2)cc1CN1C[C@H](O)[C@@H](O)C1. The molecular weight excluding hydrogens is 396 g/mol. The Morgan fingerprint density at radius 1 is 1.16 bits per heavy atom. The van der Waals surface area contributed by atoms with Gasteiger partial charge in [0, 0.05) is 61.8 Å². The van der Waals surface area contributed by atoms with Crippen molar-refractivity contribution < 1.29 is 10.2 Å². The number of nitrogens with one attached hydrogen (secondary N) is 1. The van der Waals surface area contributed by atoms with Crippen molar-refractivity contribution >= 4 is 22.5 Å². The van der Waals surface area contributed by atoms with E-state index in [4.69, 9.17) is 0 Å². The summed E-state index contributed by atoms with van der Waals surface area (Å²) in [7, 11) is 1.91. The number of likely N-dealkylation sites (tertiary alicyclic amines) is 1. The van der Waals surface area contributed by atoms with Crippen LogP contribution in [-0.4, -0.2) is 69.9 Å². The predicted molar refractivity (Wildman–Crippen MR) is 115 cm³/mol. The minimum absolute atomic E-state index is 0.453. The van der Waals surface area contributed by atoms with Crippen LogP contribution < -0.4 is 5.32 Å². The number of aromatic nitrogens is 6. The number of anilines is 2. The van der Waals surface area contributed by atoms with Gasteiger partial charge in [-0.1, -0.05) is 0 Å². The standard InChI is InChI=1S/C21H24N8O2/c1-13-15(9-28-11-18(30)19(31)12-28)10-29(26-13)20-5-6-22-21(25-20)24-16-3-4-17-14(7-16)8-23-27(17)2/h3-8,10,18-19,30-31H,9,11-12H2,1-2H3,(H,22,24,25)/t18-,19-/m0/s1. The highest BCUT2D eigenvalue weighted by molar-refractivity contribution is 5.83. The van der Waals surface area contributed by atoms with E-state index in [2.05, 4.69) is 25.5 Å². The highest BCUT2D eigenvalue weighted by Crippen LogP contribution is 2.21. The van der Waals surface area contributed by atoms with Crippen molar-refractivity contribution in [3.05, 3.63) is 54.1 Å². The van der Waals surface area contributed by atoms with Gasteiger partial charge in [0.1, 0.15) is 0 Å². The fraction of sp³-hybridized carbons (Fsp3) is 0.333. The minimum Gasteiger partial charge on any atom is -0.389 e. The van der Waals surface area contributed by atoms with Crippen LogP contribution in [0.1, 0.15) is 11.3 Å². The largest absolute Gasteiger partial charge is 0.389 e. The molecule has 0 amide bonds. The summed E-state index contributed by atoms with van der Waals surface area (Å²) in [6, 6.07) is 7.78. The van der Waals surface area contributed by atoms with E-state index in [0.717, 1.165) is 27.8 Å². The van der Waals surface area contributed by atoms with E-state index in [1.165, 1.54) is 0 Å². The summed E-state index contributed by atoms with van der Waals surface area (Å²) in [6.45, 7) is 3.46. The van der Waals surface area contributed by atoms with Crippen LogP contribution >= 0.6 is 0 Å². The normalized spacial score (nSPS) is 19.4. The zero-order valence-electron chi connectivity index (χ0n) is 17.3. The second-order valence-corrected chi connectivity index (χ2v) is 7.92. The monoisotopic (exact) mass is 420 g/mol. The average molecular weight is 420 g/mol. The van der Waals surface area contributed by atoms with Gasteiger partial charge in [0.2, 0.25) is 5.95 Å². The highest BCUT2D eigenvalue weighted by atomic mass is 16.3. The van der Waals surface area contributed by atoms with Gasteiger partial charge in [0.25, 0.3) is 0 Å². The lowest BCUT2D eigenvalue weighted by Crippen LogP contribution is -2.22. The number of β-amino-alcohol motifs (C(OH)–C–C–N with tert-alkyl or cyclic N) is 2. The highest BCUT2D eigenvalue weighted by Gasteiger charge is 2.29. The maximum atomic E-state index is 9.77. The van der Waals surface area contributed by atoms with Crippen molar-refractivity contribution in [3.63, 3.8) is 0 Å². The van der Waals surface area contributed by atoms with Gasteiger partial charge in [-0.3, -0.25) is 9.58 Å². The molecule has 0 saturated carbocycles. The third-order valence-electron chi connectivity index (χ3n) is 5.61. The van der Waals surface area contributed by atoms with Gasteiger partial charge >= 0.3 is 0 Å². The van der Waals surface area contributed by atoms with Gasteiger partial charge in [-0.15, -0.1) is 0 Å². The molecule has 0 radical (unpaired) electrons. The molecule has 4 heterocycles. The molecule has 5 rings (SSSR count). The Bertz CT molecular complexity index is 1220. The zero-order valence-corrected chi connectivity index (χ0v) is 17.3. The maximum absolute atomic E-state index is 9.77. The molecule has 1 aliphatic heterocycles. The summed E-state index contributed by atoms with van der Waals surface area (Å²) >= 11 is 0. The molecule has 2 atom stereocenters. The summed E-state index contributed by atoms with van der Waals surface area (Å²) in [5.74, 6) is 1.12. The van der Waals surface area contributed by atoms with Crippen molar-refractivity contribution in [2.45, 2.75) is 25.7 Å². The lowest BCUT2D eigenvalue weighted by atomic mass is 10.2. The summed E-state index contributed by atoms with van der Waals surface area (Å²) in [5, 5.41) is 32.7. The Hall–Kier alpha value is -3.34. The van der Waals surface area contributed by atoms with E-state index in [1.807, 2.05) is 54.1 Å². The van der Waals surface area contributed by atoms with Crippen LogP contribution in [0.3, 0.4) is 0 Å². The fourth-order valence-corrected chi connectivity index (χ4v) is 3.89. The van der Waals surface area contributed by atoms with Crippen LogP contribution in [0.25, 0.3) is 16.7 Å². The van der Waals surface area contributed by atoms with Crippen LogP contribution in [0.15, 0.2) is 42.9 Å². The van der Waals surface area contributed by atoms with Gasteiger partial charge < -0.3 is 15.5 Å². The number of nitrogens with zero attached hydrogens (tertiary/aromatic N) is 7. The first kappa shape index (κ1) is 19.6. The number of rotatable bonds is 5. The van der Waals surface area contributed by atoms with E-state index >= 15 is 0 Å². The van der Waals surface area contributed by atoms with Gasteiger partial charge in [-0.05, 0) is 25.1 Å². The van der Waals surface area contributed by atoms with Gasteiger partial charge in [0.15, 0.2) is 5.82 Å². The molecule has 1 fully saturated rings. The van der Waals surface area contributed by atoms with Crippen molar-refractivity contribution in [3.8, 4) is 5.82 Å². The number of aliphatic hydroxyl groups is 2. The summed E-state index contributed by atoms with van der Waals surface area (Å²) in [6.07, 6.45) is 4.05. The molecule has 0 unspecified atom stereocenters. The minimum atomic E-state index is -0.697. The zero-order chi connectivity index (χ0) is 21.5. The first-order valence-electron chi connectivity index (χ1n) is 10.1. The van der Waals surface area contributed by atoms with E-state index in [-0.39, 0.29) is 0 Å². The molecule has 1 aliphatic rings. The Morgan fingerprint density at radius 3 is 2.77 bits per heavy atom. The third-order valence-corrected chi connectivity index (χ3v) is 5.61. The lowest BCUT2D eigenvalue weighted by Gasteiger charge is -2.13. The number of aryl methyl sites for hydroxylation is 2. The van der Waals surface area contributed by atoms with E-state index < -0.39 is 12.2 Å². The number of fused-ring (bicyclic) bond motifs is 1. The topological polar surface area (TPSA) is 117 Å². The molecule has 1 saturated heterocycles.